The monoisotopic (exact) mass is 252 g/mol. The zero-order valence-electron chi connectivity index (χ0n) is 11.2. The summed E-state index contributed by atoms with van der Waals surface area (Å²) in [7, 11) is 0. The highest BCUT2D eigenvalue weighted by atomic mass is 16.6. The SMILES string of the molecule is C=C(C)C(=O)OC1(C)C(C)CC2C(=O)OCCC21. The Hall–Kier alpha value is -1.32. The van der Waals surface area contributed by atoms with Gasteiger partial charge in [-0.3, -0.25) is 4.79 Å². The van der Waals surface area contributed by atoms with Crippen LogP contribution in [0.25, 0.3) is 0 Å². The molecule has 4 unspecified atom stereocenters. The molecule has 0 amide bonds. The van der Waals surface area contributed by atoms with Crippen molar-refractivity contribution in [1.82, 2.24) is 0 Å². The van der Waals surface area contributed by atoms with Gasteiger partial charge in [0.05, 0.1) is 12.5 Å². The Morgan fingerprint density at radius 3 is 2.83 bits per heavy atom. The number of carbonyl (C=O) groups excluding carboxylic acids is 2. The van der Waals surface area contributed by atoms with E-state index in [9.17, 15) is 9.59 Å². The van der Waals surface area contributed by atoms with Gasteiger partial charge in [0.15, 0.2) is 0 Å². The first-order valence-electron chi connectivity index (χ1n) is 6.41. The fourth-order valence-corrected chi connectivity index (χ4v) is 3.15. The molecule has 0 radical (unpaired) electrons. The summed E-state index contributed by atoms with van der Waals surface area (Å²) in [6, 6.07) is 0. The van der Waals surface area contributed by atoms with Gasteiger partial charge >= 0.3 is 11.9 Å². The standard InChI is InChI=1S/C14H20O4/c1-8(2)12(15)18-14(4)9(3)7-10-11(14)5-6-17-13(10)16/h9-11H,1,5-7H2,2-4H3. The van der Waals surface area contributed by atoms with Gasteiger partial charge in [-0.1, -0.05) is 13.5 Å². The van der Waals surface area contributed by atoms with Crippen molar-refractivity contribution in [3.63, 3.8) is 0 Å². The van der Waals surface area contributed by atoms with Crippen LogP contribution in [0.5, 0.6) is 0 Å². The molecule has 4 heteroatoms. The van der Waals surface area contributed by atoms with Gasteiger partial charge < -0.3 is 9.47 Å². The largest absolute Gasteiger partial charge is 0.465 e. The van der Waals surface area contributed by atoms with Gasteiger partial charge in [-0.2, -0.15) is 0 Å². The predicted octanol–water partition coefficient (Wildman–Crippen LogP) is 2.08. The molecule has 2 fully saturated rings. The van der Waals surface area contributed by atoms with Gasteiger partial charge in [0.25, 0.3) is 0 Å². The molecule has 4 nitrogen and oxygen atoms in total. The maximum Gasteiger partial charge on any atom is 0.333 e. The lowest BCUT2D eigenvalue weighted by Crippen LogP contribution is -2.45. The second-order valence-electron chi connectivity index (χ2n) is 5.66. The minimum absolute atomic E-state index is 0.0667. The fraction of sp³-hybridized carbons (Fsp3) is 0.714. The van der Waals surface area contributed by atoms with Crippen LogP contribution in [-0.4, -0.2) is 24.1 Å². The number of carbonyl (C=O) groups is 2. The van der Waals surface area contributed by atoms with Crippen molar-refractivity contribution in [2.24, 2.45) is 17.8 Å². The fourth-order valence-electron chi connectivity index (χ4n) is 3.15. The van der Waals surface area contributed by atoms with E-state index in [0.29, 0.717) is 12.2 Å². The van der Waals surface area contributed by atoms with Crippen LogP contribution in [0.15, 0.2) is 12.2 Å². The number of cyclic esters (lactones) is 1. The lowest BCUT2D eigenvalue weighted by atomic mass is 9.81. The molecule has 100 valence electrons. The summed E-state index contributed by atoms with van der Waals surface area (Å²) in [4.78, 5) is 23.5. The summed E-state index contributed by atoms with van der Waals surface area (Å²) in [6.07, 6.45) is 1.49. The van der Waals surface area contributed by atoms with E-state index in [-0.39, 0.29) is 29.7 Å². The van der Waals surface area contributed by atoms with Crippen LogP contribution in [-0.2, 0) is 19.1 Å². The van der Waals surface area contributed by atoms with Crippen molar-refractivity contribution < 1.29 is 19.1 Å². The third-order valence-corrected chi connectivity index (χ3v) is 4.44. The molecule has 1 saturated heterocycles. The molecule has 2 rings (SSSR count). The Morgan fingerprint density at radius 1 is 1.56 bits per heavy atom. The second-order valence-corrected chi connectivity index (χ2v) is 5.66. The highest BCUT2D eigenvalue weighted by Crippen LogP contribution is 2.50. The van der Waals surface area contributed by atoms with Crippen LogP contribution in [0, 0.1) is 17.8 Å². The highest BCUT2D eigenvalue weighted by molar-refractivity contribution is 5.87. The van der Waals surface area contributed by atoms with Gasteiger partial charge in [0, 0.05) is 11.5 Å². The van der Waals surface area contributed by atoms with Crippen LogP contribution in [0.3, 0.4) is 0 Å². The van der Waals surface area contributed by atoms with Crippen molar-refractivity contribution in [1.29, 1.82) is 0 Å². The number of fused-ring (bicyclic) bond motifs is 1. The van der Waals surface area contributed by atoms with Crippen LogP contribution < -0.4 is 0 Å². The topological polar surface area (TPSA) is 52.6 Å². The summed E-state index contributed by atoms with van der Waals surface area (Å²) in [5, 5.41) is 0. The zero-order valence-corrected chi connectivity index (χ0v) is 11.2. The van der Waals surface area contributed by atoms with Crippen molar-refractivity contribution in [2.45, 2.75) is 39.2 Å². The van der Waals surface area contributed by atoms with Crippen molar-refractivity contribution >= 4 is 11.9 Å². The van der Waals surface area contributed by atoms with Crippen LogP contribution in [0.1, 0.15) is 33.6 Å². The van der Waals surface area contributed by atoms with E-state index >= 15 is 0 Å². The molecule has 1 saturated carbocycles. The molecule has 0 aromatic carbocycles. The summed E-state index contributed by atoms with van der Waals surface area (Å²) >= 11 is 0. The van der Waals surface area contributed by atoms with E-state index in [1.807, 2.05) is 13.8 Å². The third-order valence-electron chi connectivity index (χ3n) is 4.44. The maximum atomic E-state index is 11.8. The van der Waals surface area contributed by atoms with E-state index in [2.05, 4.69) is 6.58 Å². The highest BCUT2D eigenvalue weighted by Gasteiger charge is 2.56. The molecule has 1 heterocycles. The van der Waals surface area contributed by atoms with Gasteiger partial charge in [-0.25, -0.2) is 4.79 Å². The van der Waals surface area contributed by atoms with Gasteiger partial charge in [-0.05, 0) is 32.6 Å². The summed E-state index contributed by atoms with van der Waals surface area (Å²) in [6.45, 7) is 9.62. The Bertz CT molecular complexity index is 401. The number of esters is 2. The maximum absolute atomic E-state index is 11.8. The molecule has 2 aliphatic rings. The number of hydrogen-bond acceptors (Lipinski definition) is 4. The Kier molecular flexibility index (Phi) is 3.21. The van der Waals surface area contributed by atoms with E-state index in [0.717, 1.165) is 12.8 Å². The van der Waals surface area contributed by atoms with E-state index in [4.69, 9.17) is 9.47 Å². The van der Waals surface area contributed by atoms with Crippen molar-refractivity contribution in [3.05, 3.63) is 12.2 Å². The summed E-state index contributed by atoms with van der Waals surface area (Å²) in [5.74, 6) is -0.424. The second kappa shape index (κ2) is 4.41. The molecule has 1 aliphatic carbocycles. The molecular weight excluding hydrogens is 232 g/mol. The molecule has 0 spiro atoms. The van der Waals surface area contributed by atoms with E-state index in [1.165, 1.54) is 0 Å². The predicted molar refractivity (Wildman–Crippen MR) is 65.6 cm³/mol. The average Bonchev–Trinajstić information content (AvgIpc) is 2.54. The Morgan fingerprint density at radius 2 is 2.22 bits per heavy atom. The normalized spacial score (nSPS) is 38.8. The van der Waals surface area contributed by atoms with Crippen LogP contribution in [0.4, 0.5) is 0 Å². The minimum atomic E-state index is -0.583. The molecule has 1 aliphatic heterocycles. The molecule has 0 N–H and O–H groups in total. The average molecular weight is 252 g/mol. The number of ether oxygens (including phenoxy) is 2. The molecule has 0 aromatic rings. The van der Waals surface area contributed by atoms with Crippen molar-refractivity contribution in [2.75, 3.05) is 6.61 Å². The molecule has 18 heavy (non-hydrogen) atoms. The summed E-state index contributed by atoms with van der Waals surface area (Å²) in [5.41, 5.74) is -0.189. The smallest absolute Gasteiger partial charge is 0.333 e. The quantitative estimate of drug-likeness (QED) is 0.558. The van der Waals surface area contributed by atoms with Crippen molar-refractivity contribution in [3.8, 4) is 0 Å². The van der Waals surface area contributed by atoms with Gasteiger partial charge in [-0.15, -0.1) is 0 Å². The Balaban J connectivity index is 2.22. The lowest BCUT2D eigenvalue weighted by Gasteiger charge is -2.37. The minimum Gasteiger partial charge on any atom is -0.465 e. The first-order chi connectivity index (χ1) is 8.36. The third kappa shape index (κ3) is 1.93. The zero-order chi connectivity index (χ0) is 13.5. The molecule has 4 atom stereocenters. The first-order valence-corrected chi connectivity index (χ1v) is 6.41. The molecular formula is C14H20O4. The molecule has 0 bridgehead atoms. The lowest BCUT2D eigenvalue weighted by molar-refractivity contribution is -0.172. The van der Waals surface area contributed by atoms with E-state index in [1.54, 1.807) is 6.92 Å². The van der Waals surface area contributed by atoms with Gasteiger partial charge in [0.1, 0.15) is 5.60 Å². The molecule has 0 aromatic heterocycles. The van der Waals surface area contributed by atoms with E-state index < -0.39 is 5.60 Å². The number of rotatable bonds is 2. The Labute approximate surface area is 107 Å². The van der Waals surface area contributed by atoms with Crippen LogP contribution in [0.2, 0.25) is 0 Å². The van der Waals surface area contributed by atoms with Gasteiger partial charge in [0.2, 0.25) is 0 Å². The number of hydrogen-bond donors (Lipinski definition) is 0. The first kappa shape index (κ1) is 13.1. The summed E-state index contributed by atoms with van der Waals surface area (Å²) < 4.78 is 10.7. The van der Waals surface area contributed by atoms with Crippen LogP contribution >= 0.6 is 0 Å².